The van der Waals surface area contributed by atoms with Crippen LogP contribution in [0, 0.1) is 0 Å². The first-order chi connectivity index (χ1) is 12.7. The monoisotopic (exact) mass is 352 g/mol. The van der Waals surface area contributed by atoms with Gasteiger partial charge < -0.3 is 19.4 Å². The first kappa shape index (κ1) is 17.9. The molecular formula is C21H24N2O3. The molecule has 0 atom stereocenters. The summed E-state index contributed by atoms with van der Waals surface area (Å²) in [6.45, 7) is 1.51. The van der Waals surface area contributed by atoms with Gasteiger partial charge in [0.05, 0.1) is 20.6 Å². The molecule has 5 nitrogen and oxygen atoms in total. The Labute approximate surface area is 153 Å². The van der Waals surface area contributed by atoms with Crippen LogP contribution >= 0.6 is 0 Å². The van der Waals surface area contributed by atoms with Crippen molar-refractivity contribution in [1.29, 1.82) is 0 Å². The molecule has 0 fully saturated rings. The third-order valence-electron chi connectivity index (χ3n) is 4.42. The number of ether oxygens (including phenoxy) is 2. The number of carbonyl (C=O) groups excluding carboxylic acids is 1. The first-order valence-corrected chi connectivity index (χ1v) is 8.72. The van der Waals surface area contributed by atoms with E-state index in [4.69, 9.17) is 9.47 Å². The van der Waals surface area contributed by atoms with E-state index in [0.717, 1.165) is 18.5 Å². The van der Waals surface area contributed by atoms with Crippen LogP contribution in [-0.2, 0) is 17.8 Å². The lowest BCUT2D eigenvalue weighted by Crippen LogP contribution is -2.27. The number of carbonyl (C=O) groups is 1. The minimum absolute atomic E-state index is 0.0195. The van der Waals surface area contributed by atoms with Crippen molar-refractivity contribution < 1.29 is 14.3 Å². The molecule has 0 spiro atoms. The van der Waals surface area contributed by atoms with Gasteiger partial charge in [-0.1, -0.05) is 18.2 Å². The SMILES string of the molecule is COc1ccc(OC)c(CC(=O)NCCCn2ccc3ccccc32)c1. The number of aryl methyl sites for hydroxylation is 1. The van der Waals surface area contributed by atoms with E-state index in [1.807, 2.05) is 30.3 Å². The number of fused-ring (bicyclic) bond motifs is 1. The van der Waals surface area contributed by atoms with E-state index >= 15 is 0 Å². The molecule has 0 aliphatic heterocycles. The van der Waals surface area contributed by atoms with Crippen LogP contribution in [-0.4, -0.2) is 31.2 Å². The number of benzene rings is 2. The number of methoxy groups -OCH3 is 2. The Hall–Kier alpha value is -2.95. The molecule has 3 rings (SSSR count). The molecule has 0 radical (unpaired) electrons. The van der Waals surface area contributed by atoms with Gasteiger partial charge >= 0.3 is 0 Å². The molecule has 0 aliphatic carbocycles. The van der Waals surface area contributed by atoms with E-state index in [1.165, 1.54) is 10.9 Å². The van der Waals surface area contributed by atoms with Gasteiger partial charge in [0.1, 0.15) is 11.5 Å². The molecule has 0 saturated carbocycles. The Bertz CT molecular complexity index is 886. The van der Waals surface area contributed by atoms with Gasteiger partial charge in [0.2, 0.25) is 5.91 Å². The Morgan fingerprint density at radius 1 is 1.08 bits per heavy atom. The summed E-state index contributed by atoms with van der Waals surface area (Å²) in [6.07, 6.45) is 3.24. The predicted octanol–water partition coefficient (Wildman–Crippen LogP) is 3.41. The van der Waals surface area contributed by atoms with Gasteiger partial charge in [-0.2, -0.15) is 0 Å². The first-order valence-electron chi connectivity index (χ1n) is 8.72. The molecule has 1 amide bonds. The molecule has 136 valence electrons. The van der Waals surface area contributed by atoms with E-state index < -0.39 is 0 Å². The summed E-state index contributed by atoms with van der Waals surface area (Å²) in [5.74, 6) is 1.39. The smallest absolute Gasteiger partial charge is 0.224 e. The maximum absolute atomic E-state index is 12.2. The van der Waals surface area contributed by atoms with E-state index in [-0.39, 0.29) is 12.3 Å². The third-order valence-corrected chi connectivity index (χ3v) is 4.42. The van der Waals surface area contributed by atoms with Gasteiger partial charge in [-0.05, 0) is 42.1 Å². The second-order valence-electron chi connectivity index (χ2n) is 6.13. The van der Waals surface area contributed by atoms with Crippen LogP contribution in [0.25, 0.3) is 10.9 Å². The van der Waals surface area contributed by atoms with Crippen LogP contribution in [0.1, 0.15) is 12.0 Å². The summed E-state index contributed by atoms with van der Waals surface area (Å²) < 4.78 is 12.8. The molecular weight excluding hydrogens is 328 g/mol. The number of rotatable bonds is 8. The Morgan fingerprint density at radius 2 is 1.92 bits per heavy atom. The third kappa shape index (κ3) is 4.17. The molecule has 3 aromatic rings. The molecule has 26 heavy (non-hydrogen) atoms. The zero-order chi connectivity index (χ0) is 18.4. The molecule has 0 aliphatic rings. The maximum atomic E-state index is 12.2. The quantitative estimate of drug-likeness (QED) is 0.632. The number of nitrogens with one attached hydrogen (secondary N) is 1. The van der Waals surface area contributed by atoms with E-state index in [2.05, 4.69) is 34.3 Å². The Kier molecular flexibility index (Phi) is 5.79. The minimum atomic E-state index is -0.0195. The maximum Gasteiger partial charge on any atom is 0.224 e. The van der Waals surface area contributed by atoms with Crippen molar-refractivity contribution in [3.63, 3.8) is 0 Å². The topological polar surface area (TPSA) is 52.5 Å². The highest BCUT2D eigenvalue weighted by atomic mass is 16.5. The van der Waals surface area contributed by atoms with Crippen LogP contribution in [0.3, 0.4) is 0 Å². The molecule has 1 N–H and O–H groups in total. The summed E-state index contributed by atoms with van der Waals surface area (Å²) in [7, 11) is 3.21. The second kappa shape index (κ2) is 8.43. The van der Waals surface area contributed by atoms with Crippen molar-refractivity contribution in [2.45, 2.75) is 19.4 Å². The fourth-order valence-corrected chi connectivity index (χ4v) is 3.07. The normalized spacial score (nSPS) is 10.7. The highest BCUT2D eigenvalue weighted by molar-refractivity contribution is 5.80. The van der Waals surface area contributed by atoms with Gasteiger partial charge in [-0.15, -0.1) is 0 Å². The molecule has 0 unspecified atom stereocenters. The van der Waals surface area contributed by atoms with Crippen molar-refractivity contribution in [2.24, 2.45) is 0 Å². The lowest BCUT2D eigenvalue weighted by molar-refractivity contribution is -0.120. The number of amides is 1. The summed E-state index contributed by atoms with van der Waals surface area (Å²) >= 11 is 0. The van der Waals surface area contributed by atoms with Crippen LogP contribution in [0.4, 0.5) is 0 Å². The van der Waals surface area contributed by atoms with E-state index in [0.29, 0.717) is 18.0 Å². The van der Waals surface area contributed by atoms with Gasteiger partial charge in [-0.25, -0.2) is 0 Å². The number of aromatic nitrogens is 1. The highest BCUT2D eigenvalue weighted by Crippen LogP contribution is 2.24. The fraction of sp³-hybridized carbons (Fsp3) is 0.286. The summed E-state index contributed by atoms with van der Waals surface area (Å²) in [6, 6.07) is 15.9. The lowest BCUT2D eigenvalue weighted by Gasteiger charge is -2.11. The van der Waals surface area contributed by atoms with Crippen molar-refractivity contribution >= 4 is 16.8 Å². The molecule has 2 aromatic carbocycles. The Balaban J connectivity index is 1.50. The summed E-state index contributed by atoms with van der Waals surface area (Å²) in [5, 5.41) is 4.22. The van der Waals surface area contributed by atoms with Crippen LogP contribution in [0.5, 0.6) is 11.5 Å². The molecule has 1 aromatic heterocycles. The largest absolute Gasteiger partial charge is 0.497 e. The van der Waals surface area contributed by atoms with Crippen LogP contribution in [0.15, 0.2) is 54.7 Å². The van der Waals surface area contributed by atoms with Crippen molar-refractivity contribution in [1.82, 2.24) is 9.88 Å². The number of hydrogen-bond donors (Lipinski definition) is 1. The van der Waals surface area contributed by atoms with Crippen molar-refractivity contribution in [2.75, 3.05) is 20.8 Å². The standard InChI is InChI=1S/C21H24N2O3/c1-25-18-8-9-20(26-2)17(14-18)15-21(24)22-11-5-12-23-13-10-16-6-3-4-7-19(16)23/h3-4,6-10,13-14H,5,11-12,15H2,1-2H3,(H,22,24). The van der Waals surface area contributed by atoms with Gasteiger partial charge in [0.25, 0.3) is 0 Å². The highest BCUT2D eigenvalue weighted by Gasteiger charge is 2.10. The van der Waals surface area contributed by atoms with Gasteiger partial charge in [0, 0.05) is 30.4 Å². The molecule has 0 bridgehead atoms. The van der Waals surface area contributed by atoms with Gasteiger partial charge in [0.15, 0.2) is 0 Å². The zero-order valence-corrected chi connectivity index (χ0v) is 15.2. The van der Waals surface area contributed by atoms with Crippen molar-refractivity contribution in [3.05, 3.63) is 60.3 Å². The molecule has 5 heteroatoms. The minimum Gasteiger partial charge on any atom is -0.497 e. The summed E-state index contributed by atoms with van der Waals surface area (Å²) in [4.78, 5) is 12.2. The number of hydrogen-bond acceptors (Lipinski definition) is 3. The van der Waals surface area contributed by atoms with Crippen molar-refractivity contribution in [3.8, 4) is 11.5 Å². The van der Waals surface area contributed by atoms with Crippen LogP contribution < -0.4 is 14.8 Å². The number of nitrogens with zero attached hydrogens (tertiary/aromatic N) is 1. The van der Waals surface area contributed by atoms with Crippen LogP contribution in [0.2, 0.25) is 0 Å². The van der Waals surface area contributed by atoms with E-state index in [1.54, 1.807) is 14.2 Å². The second-order valence-corrected chi connectivity index (χ2v) is 6.13. The van der Waals surface area contributed by atoms with Gasteiger partial charge in [-0.3, -0.25) is 4.79 Å². The zero-order valence-electron chi connectivity index (χ0n) is 15.2. The Morgan fingerprint density at radius 3 is 2.73 bits per heavy atom. The average Bonchev–Trinajstić information content (AvgIpc) is 3.08. The number of para-hydroxylation sites is 1. The fourth-order valence-electron chi connectivity index (χ4n) is 3.07. The molecule has 0 saturated heterocycles. The average molecular weight is 352 g/mol. The summed E-state index contributed by atoms with van der Waals surface area (Å²) in [5.41, 5.74) is 2.04. The molecule has 1 heterocycles. The predicted molar refractivity (Wildman–Crippen MR) is 103 cm³/mol. The van der Waals surface area contributed by atoms with E-state index in [9.17, 15) is 4.79 Å². The lowest BCUT2D eigenvalue weighted by atomic mass is 10.1.